The molecular formula is C21H30Cl2N2. The molecule has 0 amide bonds. The van der Waals surface area contributed by atoms with E-state index < -0.39 is 0 Å². The Morgan fingerprint density at radius 1 is 1.00 bits per heavy atom. The maximum Gasteiger partial charge on any atom is 0.188 e. The predicted molar refractivity (Wildman–Crippen MR) is 98.3 cm³/mol. The van der Waals surface area contributed by atoms with Crippen molar-refractivity contribution in [3.05, 3.63) is 47.5 Å². The molecule has 4 heteroatoms. The summed E-state index contributed by atoms with van der Waals surface area (Å²) in [5.74, 6) is 0. The molecule has 25 heavy (non-hydrogen) atoms. The molecular weight excluding hydrogens is 351 g/mol. The van der Waals surface area contributed by atoms with Gasteiger partial charge in [-0.05, 0) is 36.2 Å². The van der Waals surface area contributed by atoms with Crippen LogP contribution in [0, 0.1) is 0 Å². The SMILES string of the molecule is CC[NH+](CC)CCC1=[NH+]C(C)(C)Cc2c1ccc1ccccc21.[Cl-].[Cl-]. The second-order valence-corrected chi connectivity index (χ2v) is 7.43. The van der Waals surface area contributed by atoms with Crippen LogP contribution in [0.5, 0.6) is 0 Å². The van der Waals surface area contributed by atoms with Gasteiger partial charge in [-0.25, -0.2) is 4.99 Å². The summed E-state index contributed by atoms with van der Waals surface area (Å²) >= 11 is 0. The van der Waals surface area contributed by atoms with Gasteiger partial charge < -0.3 is 29.7 Å². The lowest BCUT2D eigenvalue weighted by Gasteiger charge is -2.25. The first-order valence-electron chi connectivity index (χ1n) is 9.02. The Bertz CT molecular complexity index is 734. The quantitative estimate of drug-likeness (QED) is 0.519. The van der Waals surface area contributed by atoms with Gasteiger partial charge in [0.2, 0.25) is 0 Å². The molecule has 2 N–H and O–H groups in total. The van der Waals surface area contributed by atoms with Gasteiger partial charge in [-0.15, -0.1) is 0 Å². The largest absolute Gasteiger partial charge is 1.00 e. The first kappa shape index (κ1) is 22.0. The molecule has 2 aromatic rings. The lowest BCUT2D eigenvalue weighted by molar-refractivity contribution is -0.895. The van der Waals surface area contributed by atoms with Crippen LogP contribution in [0.2, 0.25) is 0 Å². The molecule has 2 nitrogen and oxygen atoms in total. The molecule has 1 aliphatic rings. The molecule has 2 aromatic carbocycles. The molecule has 0 atom stereocenters. The molecule has 3 rings (SSSR count). The van der Waals surface area contributed by atoms with Crippen molar-refractivity contribution >= 4 is 16.5 Å². The van der Waals surface area contributed by atoms with Crippen LogP contribution in [0.25, 0.3) is 10.8 Å². The molecule has 1 heterocycles. The summed E-state index contributed by atoms with van der Waals surface area (Å²) in [7, 11) is 0. The summed E-state index contributed by atoms with van der Waals surface area (Å²) in [5.41, 5.74) is 4.53. The Morgan fingerprint density at radius 3 is 2.36 bits per heavy atom. The van der Waals surface area contributed by atoms with Gasteiger partial charge in [0.1, 0.15) is 0 Å². The molecule has 0 aliphatic carbocycles. The maximum atomic E-state index is 3.82. The Kier molecular flexibility index (Phi) is 7.92. The third kappa shape index (κ3) is 4.75. The first-order valence-corrected chi connectivity index (χ1v) is 9.02. The fourth-order valence-electron chi connectivity index (χ4n) is 3.87. The molecule has 0 fully saturated rings. The van der Waals surface area contributed by atoms with Gasteiger partial charge in [0, 0.05) is 25.8 Å². The fourth-order valence-corrected chi connectivity index (χ4v) is 3.87. The van der Waals surface area contributed by atoms with Gasteiger partial charge in [-0.2, -0.15) is 0 Å². The van der Waals surface area contributed by atoms with E-state index in [1.807, 2.05) is 0 Å². The van der Waals surface area contributed by atoms with E-state index in [9.17, 15) is 0 Å². The van der Waals surface area contributed by atoms with E-state index in [4.69, 9.17) is 0 Å². The van der Waals surface area contributed by atoms with E-state index in [0.29, 0.717) is 0 Å². The monoisotopic (exact) mass is 380 g/mol. The Morgan fingerprint density at radius 2 is 1.68 bits per heavy atom. The van der Waals surface area contributed by atoms with E-state index in [2.05, 4.69) is 69.1 Å². The summed E-state index contributed by atoms with van der Waals surface area (Å²) in [6.07, 6.45) is 2.22. The number of halogens is 2. The van der Waals surface area contributed by atoms with Gasteiger partial charge in [0.25, 0.3) is 0 Å². The standard InChI is InChI=1S/C21H28N2.2ClH/c1-5-23(6-2)14-13-20-18-12-11-16-9-7-8-10-17(16)19(18)15-21(3,4)22-20;;/h7-12H,5-6,13-15H2,1-4H3;2*1H. The van der Waals surface area contributed by atoms with Gasteiger partial charge in [-0.1, -0.05) is 30.3 Å². The van der Waals surface area contributed by atoms with Crippen LogP contribution in [0.1, 0.15) is 45.2 Å². The van der Waals surface area contributed by atoms with Gasteiger partial charge >= 0.3 is 0 Å². The van der Waals surface area contributed by atoms with Crippen LogP contribution in [-0.4, -0.2) is 30.9 Å². The van der Waals surface area contributed by atoms with Crippen molar-refractivity contribution in [1.29, 1.82) is 0 Å². The van der Waals surface area contributed by atoms with Crippen molar-refractivity contribution in [2.24, 2.45) is 0 Å². The van der Waals surface area contributed by atoms with E-state index in [1.165, 1.54) is 47.2 Å². The smallest absolute Gasteiger partial charge is 0.188 e. The number of benzene rings is 2. The third-order valence-corrected chi connectivity index (χ3v) is 5.20. The van der Waals surface area contributed by atoms with Crippen LogP contribution in [0.3, 0.4) is 0 Å². The van der Waals surface area contributed by atoms with Crippen LogP contribution in [0.4, 0.5) is 0 Å². The average molecular weight is 381 g/mol. The van der Waals surface area contributed by atoms with Crippen molar-refractivity contribution in [2.75, 3.05) is 19.6 Å². The van der Waals surface area contributed by atoms with Crippen molar-refractivity contribution in [2.45, 2.75) is 46.1 Å². The van der Waals surface area contributed by atoms with Crippen LogP contribution < -0.4 is 34.7 Å². The minimum atomic E-state index is 0. The number of quaternary nitrogens is 1. The molecule has 0 radical (unpaired) electrons. The van der Waals surface area contributed by atoms with Gasteiger partial charge in [-0.3, -0.25) is 0 Å². The predicted octanol–water partition coefficient (Wildman–Crippen LogP) is -4.63. The lowest BCUT2D eigenvalue weighted by atomic mass is 9.83. The summed E-state index contributed by atoms with van der Waals surface area (Å²) < 4.78 is 0. The molecule has 0 saturated carbocycles. The molecule has 0 spiro atoms. The Labute approximate surface area is 164 Å². The van der Waals surface area contributed by atoms with Crippen molar-refractivity contribution in [3.8, 4) is 0 Å². The molecule has 0 aromatic heterocycles. The number of hydrogen-bond donors (Lipinski definition) is 2. The highest BCUT2D eigenvalue weighted by atomic mass is 35.5. The number of rotatable bonds is 5. The summed E-state index contributed by atoms with van der Waals surface area (Å²) in [4.78, 5) is 5.49. The normalized spacial score (nSPS) is 15.2. The molecule has 0 saturated heterocycles. The van der Waals surface area contributed by atoms with Crippen LogP contribution >= 0.6 is 0 Å². The topological polar surface area (TPSA) is 18.4 Å². The van der Waals surface area contributed by atoms with E-state index in [0.717, 1.165) is 12.8 Å². The maximum absolute atomic E-state index is 3.82. The second kappa shape index (κ2) is 9.02. The van der Waals surface area contributed by atoms with Crippen LogP contribution in [0.15, 0.2) is 36.4 Å². The van der Waals surface area contributed by atoms with Gasteiger partial charge in [0.15, 0.2) is 11.3 Å². The average Bonchev–Trinajstić information content (AvgIpc) is 2.54. The van der Waals surface area contributed by atoms with E-state index in [-0.39, 0.29) is 30.4 Å². The molecule has 1 aliphatic heterocycles. The molecule has 0 bridgehead atoms. The van der Waals surface area contributed by atoms with Crippen molar-refractivity contribution in [3.63, 3.8) is 0 Å². The highest BCUT2D eigenvalue weighted by Gasteiger charge is 2.33. The van der Waals surface area contributed by atoms with Gasteiger partial charge in [0.05, 0.1) is 26.1 Å². The summed E-state index contributed by atoms with van der Waals surface area (Å²) in [6.45, 7) is 12.8. The summed E-state index contributed by atoms with van der Waals surface area (Å²) in [5, 5.41) is 2.78. The molecule has 0 unspecified atom stereocenters. The zero-order chi connectivity index (χ0) is 16.4. The Balaban J connectivity index is 0.00000156. The number of hydrogen-bond acceptors (Lipinski definition) is 0. The lowest BCUT2D eigenvalue weighted by Crippen LogP contribution is -3.11. The molecule has 138 valence electrons. The number of fused-ring (bicyclic) bond motifs is 3. The van der Waals surface area contributed by atoms with Crippen molar-refractivity contribution < 1.29 is 34.7 Å². The van der Waals surface area contributed by atoms with Crippen molar-refractivity contribution in [1.82, 2.24) is 0 Å². The first-order chi connectivity index (χ1) is 11.0. The zero-order valence-electron chi connectivity index (χ0n) is 15.8. The van der Waals surface area contributed by atoms with E-state index in [1.54, 1.807) is 4.90 Å². The highest BCUT2D eigenvalue weighted by molar-refractivity contribution is 6.03. The minimum Gasteiger partial charge on any atom is -1.00 e. The van der Waals surface area contributed by atoms with Crippen LogP contribution in [-0.2, 0) is 6.42 Å². The van der Waals surface area contributed by atoms with E-state index >= 15 is 0 Å². The summed E-state index contributed by atoms with van der Waals surface area (Å²) in [6, 6.07) is 13.4. The fraction of sp³-hybridized carbons (Fsp3) is 0.476. The minimum absolute atomic E-state index is 0. The number of nitrogens with one attached hydrogen (secondary N) is 2. The third-order valence-electron chi connectivity index (χ3n) is 5.20. The second-order valence-electron chi connectivity index (χ2n) is 7.43. The zero-order valence-corrected chi connectivity index (χ0v) is 17.3. The Hall–Kier alpha value is -1.09. The highest BCUT2D eigenvalue weighted by Crippen LogP contribution is 2.27.